The fourth-order valence-corrected chi connectivity index (χ4v) is 2.15. The van der Waals surface area contributed by atoms with E-state index < -0.39 is 0 Å². The predicted molar refractivity (Wildman–Crippen MR) is 74.5 cm³/mol. The summed E-state index contributed by atoms with van der Waals surface area (Å²) in [5.41, 5.74) is 7.46. The van der Waals surface area contributed by atoms with Crippen LogP contribution < -0.4 is 5.73 Å². The highest BCUT2D eigenvalue weighted by Crippen LogP contribution is 2.20. The van der Waals surface area contributed by atoms with E-state index >= 15 is 0 Å². The number of thioether (sulfide) groups is 1. The fourth-order valence-electron chi connectivity index (χ4n) is 1.65. The van der Waals surface area contributed by atoms with Crippen LogP contribution in [0.5, 0.6) is 0 Å². The molecule has 6 heteroatoms. The van der Waals surface area contributed by atoms with Gasteiger partial charge in [-0.2, -0.15) is 11.8 Å². The molecule has 0 amide bonds. The first-order valence-corrected chi connectivity index (χ1v) is 7.08. The van der Waals surface area contributed by atoms with Crippen LogP contribution in [-0.4, -0.2) is 26.0 Å². The smallest absolute Gasteiger partial charge is 0.202 e. The number of aromatic nitrogens is 3. The van der Waals surface area contributed by atoms with Crippen molar-refractivity contribution in [3.05, 3.63) is 17.3 Å². The molecular weight excluding hydrogens is 256 g/mol. The monoisotopic (exact) mass is 270 g/mol. The second-order valence-electron chi connectivity index (χ2n) is 3.95. The number of fused-ring (bicyclic) bond motifs is 1. The molecule has 0 fully saturated rings. The van der Waals surface area contributed by atoms with Gasteiger partial charge in [-0.15, -0.1) is 0 Å². The lowest BCUT2D eigenvalue weighted by Gasteiger charge is -2.09. The highest BCUT2D eigenvalue weighted by atomic mass is 35.5. The first-order valence-electron chi connectivity index (χ1n) is 5.42. The molecule has 0 aliphatic carbocycles. The van der Waals surface area contributed by atoms with Crippen LogP contribution in [0.1, 0.15) is 13.3 Å². The summed E-state index contributed by atoms with van der Waals surface area (Å²) in [4.78, 5) is 8.55. The van der Waals surface area contributed by atoms with Gasteiger partial charge in [0.15, 0.2) is 5.65 Å². The lowest BCUT2D eigenvalue weighted by atomic mass is 10.3. The molecule has 1 atom stereocenters. The van der Waals surface area contributed by atoms with Crippen molar-refractivity contribution in [2.45, 2.75) is 25.1 Å². The number of hydrogen-bond donors (Lipinski definition) is 1. The van der Waals surface area contributed by atoms with Crippen molar-refractivity contribution in [3.8, 4) is 0 Å². The third-order valence-corrected chi connectivity index (χ3v) is 3.99. The molecule has 2 heterocycles. The van der Waals surface area contributed by atoms with Crippen molar-refractivity contribution in [2.75, 3.05) is 12.0 Å². The molecule has 0 aliphatic heterocycles. The van der Waals surface area contributed by atoms with Gasteiger partial charge in [-0.25, -0.2) is 9.97 Å². The van der Waals surface area contributed by atoms with Crippen molar-refractivity contribution in [3.63, 3.8) is 0 Å². The van der Waals surface area contributed by atoms with E-state index in [2.05, 4.69) is 23.1 Å². The van der Waals surface area contributed by atoms with Gasteiger partial charge in [-0.3, -0.25) is 4.57 Å². The summed E-state index contributed by atoms with van der Waals surface area (Å²) in [5.74, 6) is 0.503. The molecule has 0 aromatic carbocycles. The molecule has 92 valence electrons. The van der Waals surface area contributed by atoms with E-state index in [4.69, 9.17) is 17.3 Å². The summed E-state index contributed by atoms with van der Waals surface area (Å²) in [7, 11) is 0. The highest BCUT2D eigenvalue weighted by molar-refractivity contribution is 7.99. The maximum Gasteiger partial charge on any atom is 0.202 e. The third kappa shape index (κ3) is 2.66. The van der Waals surface area contributed by atoms with E-state index in [-0.39, 0.29) is 0 Å². The Hall–Kier alpha value is -0.940. The van der Waals surface area contributed by atoms with Crippen molar-refractivity contribution >= 4 is 40.5 Å². The molecule has 0 aliphatic rings. The van der Waals surface area contributed by atoms with Crippen LogP contribution in [0.3, 0.4) is 0 Å². The Bertz CT molecular complexity index is 525. The van der Waals surface area contributed by atoms with E-state index in [0.717, 1.165) is 24.1 Å². The van der Waals surface area contributed by atoms with Crippen molar-refractivity contribution in [1.82, 2.24) is 14.5 Å². The maximum atomic E-state index is 5.89. The Labute approximate surface area is 110 Å². The lowest BCUT2D eigenvalue weighted by Crippen LogP contribution is -2.08. The predicted octanol–water partition coefficient (Wildman–Crippen LogP) is 2.81. The molecule has 2 N–H and O–H groups in total. The Kier molecular flexibility index (Phi) is 3.79. The number of pyridine rings is 1. The number of imidazole rings is 1. The van der Waals surface area contributed by atoms with Gasteiger partial charge in [0, 0.05) is 18.0 Å². The largest absolute Gasteiger partial charge is 0.369 e. The van der Waals surface area contributed by atoms with Gasteiger partial charge in [-0.1, -0.05) is 18.5 Å². The van der Waals surface area contributed by atoms with Crippen LogP contribution in [0, 0.1) is 0 Å². The molecule has 2 aromatic rings. The van der Waals surface area contributed by atoms with Gasteiger partial charge in [0.1, 0.15) is 5.52 Å². The second-order valence-corrected chi connectivity index (χ2v) is 5.67. The standard InChI is InChI=1S/C11H15ClN4S/c1-7(17-2)3-4-16-10-9(15-11(16)13)5-8(12)6-14-10/h5-7H,3-4H2,1-2H3,(H2,13,15). The van der Waals surface area contributed by atoms with E-state index in [1.54, 1.807) is 12.3 Å². The summed E-state index contributed by atoms with van der Waals surface area (Å²) in [6, 6.07) is 1.79. The lowest BCUT2D eigenvalue weighted by molar-refractivity contribution is 0.658. The zero-order valence-corrected chi connectivity index (χ0v) is 11.4. The quantitative estimate of drug-likeness (QED) is 0.928. The van der Waals surface area contributed by atoms with Crippen LogP contribution in [-0.2, 0) is 6.54 Å². The average Bonchev–Trinajstić information content (AvgIpc) is 2.61. The van der Waals surface area contributed by atoms with Gasteiger partial charge < -0.3 is 5.73 Å². The number of halogens is 1. The van der Waals surface area contributed by atoms with Gasteiger partial charge in [-0.05, 0) is 18.7 Å². The molecular formula is C11H15ClN4S. The van der Waals surface area contributed by atoms with Gasteiger partial charge in [0.25, 0.3) is 0 Å². The van der Waals surface area contributed by atoms with E-state index in [1.165, 1.54) is 0 Å². The van der Waals surface area contributed by atoms with E-state index in [9.17, 15) is 0 Å². The molecule has 4 nitrogen and oxygen atoms in total. The SMILES string of the molecule is CSC(C)CCn1c(N)nc2cc(Cl)cnc21. The van der Waals surface area contributed by atoms with Gasteiger partial charge in [0.2, 0.25) is 5.95 Å². The minimum Gasteiger partial charge on any atom is -0.369 e. The normalized spacial score (nSPS) is 13.1. The van der Waals surface area contributed by atoms with Gasteiger partial charge in [0.05, 0.1) is 5.02 Å². The molecule has 17 heavy (non-hydrogen) atoms. The van der Waals surface area contributed by atoms with Crippen LogP contribution in [0.15, 0.2) is 12.3 Å². The summed E-state index contributed by atoms with van der Waals surface area (Å²) in [6.07, 6.45) is 4.78. The molecule has 0 saturated carbocycles. The summed E-state index contributed by atoms with van der Waals surface area (Å²) >= 11 is 7.72. The minimum atomic E-state index is 0.503. The molecule has 0 radical (unpaired) electrons. The first kappa shape index (κ1) is 12.5. The maximum absolute atomic E-state index is 5.89. The molecule has 2 rings (SSSR count). The Morgan fingerprint density at radius 1 is 1.59 bits per heavy atom. The van der Waals surface area contributed by atoms with Crippen molar-refractivity contribution in [1.29, 1.82) is 0 Å². The molecule has 0 saturated heterocycles. The Morgan fingerprint density at radius 3 is 3.06 bits per heavy atom. The van der Waals surface area contributed by atoms with Crippen LogP contribution in [0.4, 0.5) is 5.95 Å². The number of anilines is 1. The number of aryl methyl sites for hydroxylation is 1. The van der Waals surface area contributed by atoms with E-state index in [0.29, 0.717) is 16.2 Å². The number of nitrogen functional groups attached to an aromatic ring is 1. The third-order valence-electron chi connectivity index (χ3n) is 2.74. The molecule has 0 bridgehead atoms. The fraction of sp³-hybridized carbons (Fsp3) is 0.455. The van der Waals surface area contributed by atoms with Gasteiger partial charge >= 0.3 is 0 Å². The summed E-state index contributed by atoms with van der Waals surface area (Å²) < 4.78 is 1.94. The van der Waals surface area contributed by atoms with Crippen LogP contribution in [0.25, 0.3) is 11.2 Å². The minimum absolute atomic E-state index is 0.503. The molecule has 1 unspecified atom stereocenters. The zero-order chi connectivity index (χ0) is 12.4. The second kappa shape index (κ2) is 5.14. The summed E-state index contributed by atoms with van der Waals surface area (Å²) in [6.45, 7) is 3.03. The first-order chi connectivity index (χ1) is 8.11. The number of hydrogen-bond acceptors (Lipinski definition) is 4. The number of nitrogens with zero attached hydrogens (tertiary/aromatic N) is 3. The van der Waals surface area contributed by atoms with Crippen molar-refractivity contribution < 1.29 is 0 Å². The number of nitrogens with two attached hydrogens (primary N) is 1. The Morgan fingerprint density at radius 2 is 2.35 bits per heavy atom. The van der Waals surface area contributed by atoms with Crippen LogP contribution >= 0.6 is 23.4 Å². The zero-order valence-electron chi connectivity index (χ0n) is 9.85. The van der Waals surface area contributed by atoms with Crippen LogP contribution in [0.2, 0.25) is 5.02 Å². The topological polar surface area (TPSA) is 56.7 Å². The molecule has 0 spiro atoms. The molecule has 2 aromatic heterocycles. The summed E-state index contributed by atoms with van der Waals surface area (Å²) in [5, 5.41) is 1.18. The Balaban J connectivity index is 2.30. The highest BCUT2D eigenvalue weighted by Gasteiger charge is 2.10. The van der Waals surface area contributed by atoms with Crippen molar-refractivity contribution in [2.24, 2.45) is 0 Å². The number of rotatable bonds is 4. The average molecular weight is 271 g/mol. The van der Waals surface area contributed by atoms with E-state index in [1.807, 2.05) is 16.3 Å².